The minimum absolute atomic E-state index is 0.300. The Balaban J connectivity index is 2.48. The monoisotopic (exact) mass is 333 g/mol. The van der Waals surface area contributed by atoms with Crippen LogP contribution in [0.4, 0.5) is 0 Å². The molecule has 0 aromatic carbocycles. The second-order valence-electron chi connectivity index (χ2n) is 6.81. The molecule has 3 atom stereocenters. The van der Waals surface area contributed by atoms with E-state index in [9.17, 15) is 0 Å². The van der Waals surface area contributed by atoms with Crippen LogP contribution in [-0.2, 0) is 0 Å². The van der Waals surface area contributed by atoms with E-state index in [1.54, 1.807) is 0 Å². The fraction of sp³-hybridized carbons (Fsp3) is 0.375. The SMILES string of the molecule is C/C=C\C=C/C(C(=NC1=CCC=C1)C1=CC=CC(C)C=C1)C(C)CC. The molecule has 2 aliphatic rings. The Labute approximate surface area is 153 Å². The van der Waals surface area contributed by atoms with E-state index in [0.29, 0.717) is 17.8 Å². The summed E-state index contributed by atoms with van der Waals surface area (Å²) in [4.78, 5) is 5.08. The van der Waals surface area contributed by atoms with E-state index in [-0.39, 0.29) is 0 Å². The summed E-state index contributed by atoms with van der Waals surface area (Å²) in [6, 6.07) is 0. The van der Waals surface area contributed by atoms with Crippen molar-refractivity contribution in [2.45, 2.75) is 40.5 Å². The fourth-order valence-corrected chi connectivity index (χ4v) is 2.98. The molecule has 1 heteroatoms. The van der Waals surface area contributed by atoms with Crippen molar-refractivity contribution in [3.8, 4) is 0 Å². The van der Waals surface area contributed by atoms with Crippen LogP contribution in [0.3, 0.4) is 0 Å². The van der Waals surface area contributed by atoms with Crippen molar-refractivity contribution in [3.63, 3.8) is 0 Å². The average molecular weight is 334 g/mol. The molecular weight excluding hydrogens is 302 g/mol. The zero-order valence-electron chi connectivity index (χ0n) is 16.0. The van der Waals surface area contributed by atoms with Crippen molar-refractivity contribution in [3.05, 3.63) is 84.2 Å². The van der Waals surface area contributed by atoms with Crippen LogP contribution in [0.1, 0.15) is 40.5 Å². The fourth-order valence-electron chi connectivity index (χ4n) is 2.98. The van der Waals surface area contributed by atoms with Gasteiger partial charge in [-0.05, 0) is 36.8 Å². The summed E-state index contributed by atoms with van der Waals surface area (Å²) in [7, 11) is 0. The predicted octanol–water partition coefficient (Wildman–Crippen LogP) is 6.75. The van der Waals surface area contributed by atoms with Crippen molar-refractivity contribution in [2.75, 3.05) is 0 Å². The highest BCUT2D eigenvalue weighted by molar-refractivity contribution is 6.06. The number of rotatable bonds is 7. The first kappa shape index (κ1) is 19.2. The predicted molar refractivity (Wildman–Crippen MR) is 112 cm³/mol. The molecule has 25 heavy (non-hydrogen) atoms. The normalized spacial score (nSPS) is 23.2. The van der Waals surface area contributed by atoms with Crippen LogP contribution in [-0.4, -0.2) is 5.71 Å². The highest BCUT2D eigenvalue weighted by Crippen LogP contribution is 2.27. The van der Waals surface area contributed by atoms with Crippen molar-refractivity contribution >= 4 is 5.71 Å². The van der Waals surface area contributed by atoms with Gasteiger partial charge in [0.25, 0.3) is 0 Å². The summed E-state index contributed by atoms with van der Waals surface area (Å²) in [5.41, 5.74) is 3.47. The molecule has 0 bridgehead atoms. The number of aliphatic imine (C=N–C) groups is 1. The summed E-state index contributed by atoms with van der Waals surface area (Å²) >= 11 is 0. The van der Waals surface area contributed by atoms with Gasteiger partial charge >= 0.3 is 0 Å². The zero-order chi connectivity index (χ0) is 18.1. The van der Waals surface area contributed by atoms with E-state index in [0.717, 1.165) is 18.5 Å². The van der Waals surface area contributed by atoms with E-state index in [1.165, 1.54) is 11.3 Å². The first-order chi connectivity index (χ1) is 12.2. The van der Waals surface area contributed by atoms with Crippen molar-refractivity contribution < 1.29 is 0 Å². The van der Waals surface area contributed by atoms with Crippen LogP contribution in [0, 0.1) is 17.8 Å². The number of hydrogen-bond donors (Lipinski definition) is 0. The van der Waals surface area contributed by atoms with Crippen LogP contribution in [0.5, 0.6) is 0 Å². The lowest BCUT2D eigenvalue weighted by Crippen LogP contribution is -2.21. The highest BCUT2D eigenvalue weighted by atomic mass is 14.8. The van der Waals surface area contributed by atoms with Gasteiger partial charge in [-0.15, -0.1) is 0 Å². The summed E-state index contributed by atoms with van der Waals surface area (Å²) < 4.78 is 0. The second kappa shape index (κ2) is 9.98. The Kier molecular flexibility index (Phi) is 7.66. The van der Waals surface area contributed by atoms with E-state index in [1.807, 2.05) is 0 Å². The highest BCUT2D eigenvalue weighted by Gasteiger charge is 2.22. The van der Waals surface area contributed by atoms with E-state index < -0.39 is 0 Å². The minimum atomic E-state index is 0.300. The maximum absolute atomic E-state index is 5.08. The molecule has 0 aromatic rings. The van der Waals surface area contributed by atoms with Gasteiger partial charge in [-0.25, -0.2) is 0 Å². The molecule has 0 saturated carbocycles. The molecule has 2 rings (SSSR count). The van der Waals surface area contributed by atoms with Crippen molar-refractivity contribution in [1.29, 1.82) is 0 Å². The molecule has 0 aliphatic heterocycles. The Morgan fingerprint density at radius 2 is 2.12 bits per heavy atom. The van der Waals surface area contributed by atoms with Gasteiger partial charge in [-0.3, -0.25) is 4.99 Å². The molecule has 0 spiro atoms. The van der Waals surface area contributed by atoms with E-state index in [4.69, 9.17) is 4.99 Å². The lowest BCUT2D eigenvalue weighted by molar-refractivity contribution is 0.504. The molecule has 0 fully saturated rings. The van der Waals surface area contributed by atoms with E-state index in [2.05, 4.69) is 101 Å². The molecule has 1 nitrogen and oxygen atoms in total. The summed E-state index contributed by atoms with van der Waals surface area (Å²) in [6.07, 6.45) is 28.3. The molecule has 0 amide bonds. The first-order valence-corrected chi connectivity index (χ1v) is 9.47. The third-order valence-corrected chi connectivity index (χ3v) is 4.76. The molecule has 0 N–H and O–H groups in total. The summed E-state index contributed by atoms with van der Waals surface area (Å²) in [5.74, 6) is 1.29. The number of allylic oxidation sites excluding steroid dienone is 13. The molecule has 0 saturated heterocycles. The van der Waals surface area contributed by atoms with Gasteiger partial charge in [0.05, 0.1) is 11.4 Å². The number of nitrogens with zero attached hydrogens (tertiary/aromatic N) is 1. The van der Waals surface area contributed by atoms with Gasteiger partial charge in [0.15, 0.2) is 0 Å². The Bertz CT molecular complexity index is 677. The molecule has 0 aromatic heterocycles. The quantitative estimate of drug-likeness (QED) is 0.361. The maximum atomic E-state index is 5.08. The van der Waals surface area contributed by atoms with Crippen LogP contribution >= 0.6 is 0 Å². The molecular formula is C24H31N. The Morgan fingerprint density at radius 1 is 1.28 bits per heavy atom. The lowest BCUT2D eigenvalue weighted by atomic mass is 9.83. The third-order valence-electron chi connectivity index (χ3n) is 4.76. The molecule has 2 aliphatic carbocycles. The van der Waals surface area contributed by atoms with Gasteiger partial charge in [0.2, 0.25) is 0 Å². The van der Waals surface area contributed by atoms with Crippen LogP contribution in [0.25, 0.3) is 0 Å². The van der Waals surface area contributed by atoms with E-state index >= 15 is 0 Å². The van der Waals surface area contributed by atoms with Crippen molar-refractivity contribution in [2.24, 2.45) is 22.7 Å². The van der Waals surface area contributed by atoms with Crippen LogP contribution in [0.15, 0.2) is 89.2 Å². The maximum Gasteiger partial charge on any atom is 0.0593 e. The standard InChI is InChI=1S/C24H31N/c1-5-7-8-16-23(20(4)6-2)24(25-22-14-9-10-15-22)21-13-11-12-19(3)17-18-21/h5,7-9,11-20,23H,6,10H2,1-4H3/b7-5-,16-8-,25-24?. The average Bonchev–Trinajstić information content (AvgIpc) is 3.04. The second-order valence-corrected chi connectivity index (χ2v) is 6.81. The number of hydrogen-bond acceptors (Lipinski definition) is 1. The molecule has 3 unspecified atom stereocenters. The Morgan fingerprint density at radius 3 is 2.80 bits per heavy atom. The minimum Gasteiger partial charge on any atom is -0.253 e. The van der Waals surface area contributed by atoms with Gasteiger partial charge in [-0.2, -0.15) is 0 Å². The van der Waals surface area contributed by atoms with Crippen LogP contribution < -0.4 is 0 Å². The lowest BCUT2D eigenvalue weighted by Gasteiger charge is -2.23. The smallest absolute Gasteiger partial charge is 0.0593 e. The Hall–Kier alpha value is -2.15. The topological polar surface area (TPSA) is 12.4 Å². The van der Waals surface area contributed by atoms with Gasteiger partial charge in [-0.1, -0.05) is 94.0 Å². The molecule has 0 heterocycles. The van der Waals surface area contributed by atoms with Gasteiger partial charge in [0.1, 0.15) is 0 Å². The zero-order valence-corrected chi connectivity index (χ0v) is 16.0. The summed E-state index contributed by atoms with van der Waals surface area (Å²) in [5, 5.41) is 0. The largest absolute Gasteiger partial charge is 0.253 e. The van der Waals surface area contributed by atoms with Crippen molar-refractivity contribution in [1.82, 2.24) is 0 Å². The molecule has 132 valence electrons. The first-order valence-electron chi connectivity index (χ1n) is 9.47. The van der Waals surface area contributed by atoms with Gasteiger partial charge in [0, 0.05) is 5.92 Å². The molecule has 0 radical (unpaired) electrons. The summed E-state index contributed by atoms with van der Waals surface area (Å²) in [6.45, 7) is 8.83. The van der Waals surface area contributed by atoms with Crippen LogP contribution in [0.2, 0.25) is 0 Å². The van der Waals surface area contributed by atoms with Gasteiger partial charge < -0.3 is 0 Å². The third kappa shape index (κ3) is 5.70.